The normalized spacial score (nSPS) is 18.0. The fraction of sp³-hybridized carbons (Fsp3) is 0.462. The lowest BCUT2D eigenvalue weighted by Crippen LogP contribution is -2.26. The topological polar surface area (TPSA) is 82.0 Å². The summed E-state index contributed by atoms with van der Waals surface area (Å²) in [4.78, 5) is 0.0889. The summed E-state index contributed by atoms with van der Waals surface area (Å²) >= 11 is 5.85. The zero-order valence-electron chi connectivity index (χ0n) is 11.3. The summed E-state index contributed by atoms with van der Waals surface area (Å²) in [5.41, 5.74) is 0.266. The monoisotopic (exact) mass is 349 g/mol. The first-order valence-electron chi connectivity index (χ1n) is 6.43. The van der Waals surface area contributed by atoms with Crippen molar-refractivity contribution in [2.24, 2.45) is 5.92 Å². The second kappa shape index (κ2) is 7.97. The Hall–Kier alpha value is -0.840. The van der Waals surface area contributed by atoms with Gasteiger partial charge < -0.3 is 5.32 Å². The average molecular weight is 350 g/mol. The summed E-state index contributed by atoms with van der Waals surface area (Å²) in [5, 5.41) is 12.2. The van der Waals surface area contributed by atoms with Gasteiger partial charge in [0.05, 0.1) is 15.5 Å². The molecule has 1 heterocycles. The highest BCUT2D eigenvalue weighted by Crippen LogP contribution is 2.20. The molecule has 1 atom stereocenters. The predicted molar refractivity (Wildman–Crippen MR) is 84.2 cm³/mol. The molecule has 1 unspecified atom stereocenters. The van der Waals surface area contributed by atoms with Crippen molar-refractivity contribution in [3.05, 3.63) is 28.8 Å². The van der Waals surface area contributed by atoms with Crippen molar-refractivity contribution in [3.63, 3.8) is 0 Å². The van der Waals surface area contributed by atoms with Crippen LogP contribution in [0.4, 0.5) is 0 Å². The molecule has 5 nitrogen and oxygen atoms in total. The zero-order chi connectivity index (χ0) is 14.6. The molecular weight excluding hydrogens is 333 g/mol. The van der Waals surface area contributed by atoms with Crippen molar-refractivity contribution in [2.45, 2.75) is 17.7 Å². The molecule has 1 aliphatic rings. The molecule has 0 bridgehead atoms. The number of rotatable bonds is 5. The Kier molecular flexibility index (Phi) is 6.91. The fourth-order valence-electron chi connectivity index (χ4n) is 2.20. The summed E-state index contributed by atoms with van der Waals surface area (Å²) in [6, 6.07) is 6.01. The smallest absolute Gasteiger partial charge is 0.240 e. The minimum atomic E-state index is -3.56. The molecule has 2 N–H and O–H groups in total. The first kappa shape index (κ1) is 18.2. The van der Waals surface area contributed by atoms with Crippen LogP contribution >= 0.6 is 24.0 Å². The molecule has 0 saturated carbocycles. The lowest BCUT2D eigenvalue weighted by molar-refractivity contribution is 0.519. The first-order valence-corrected chi connectivity index (χ1v) is 8.29. The van der Waals surface area contributed by atoms with Gasteiger partial charge in [0.2, 0.25) is 10.0 Å². The number of benzene rings is 1. The van der Waals surface area contributed by atoms with Crippen LogP contribution in [0.15, 0.2) is 23.1 Å². The number of halogens is 2. The largest absolute Gasteiger partial charge is 0.316 e. The molecule has 0 aliphatic carbocycles. The van der Waals surface area contributed by atoms with Crippen LogP contribution in [0.5, 0.6) is 0 Å². The summed E-state index contributed by atoms with van der Waals surface area (Å²) in [5.74, 6) is 0.530. The standard InChI is InChI=1S/C13H16ClN3O2S.ClH/c14-13-7-12(2-1-11(13)8-15)20(18,19)17-6-4-10-3-5-16-9-10;/h1-2,7,10,16-17H,3-6,9H2;1H. The average Bonchev–Trinajstić information content (AvgIpc) is 2.91. The van der Waals surface area contributed by atoms with Gasteiger partial charge in [0.15, 0.2) is 0 Å². The van der Waals surface area contributed by atoms with E-state index in [1.807, 2.05) is 6.07 Å². The van der Waals surface area contributed by atoms with Crippen LogP contribution in [0.25, 0.3) is 0 Å². The van der Waals surface area contributed by atoms with Gasteiger partial charge in [0.25, 0.3) is 0 Å². The van der Waals surface area contributed by atoms with Crippen molar-refractivity contribution in [1.29, 1.82) is 5.26 Å². The van der Waals surface area contributed by atoms with Gasteiger partial charge in [-0.2, -0.15) is 5.26 Å². The Bertz CT molecular complexity index is 623. The second-order valence-corrected chi connectivity index (χ2v) is 6.97. The van der Waals surface area contributed by atoms with E-state index in [9.17, 15) is 8.42 Å². The van der Waals surface area contributed by atoms with E-state index < -0.39 is 10.0 Å². The van der Waals surface area contributed by atoms with E-state index in [0.717, 1.165) is 25.9 Å². The molecule has 1 aromatic rings. The van der Waals surface area contributed by atoms with E-state index in [-0.39, 0.29) is 27.9 Å². The third-order valence-electron chi connectivity index (χ3n) is 3.38. The van der Waals surface area contributed by atoms with Gasteiger partial charge in [-0.25, -0.2) is 13.1 Å². The number of nitrogens with zero attached hydrogens (tertiary/aromatic N) is 1. The van der Waals surface area contributed by atoms with Crippen molar-refractivity contribution in [1.82, 2.24) is 10.0 Å². The highest BCUT2D eigenvalue weighted by molar-refractivity contribution is 7.89. The van der Waals surface area contributed by atoms with E-state index >= 15 is 0 Å². The van der Waals surface area contributed by atoms with Crippen LogP contribution in [0.1, 0.15) is 18.4 Å². The SMILES string of the molecule is Cl.N#Cc1ccc(S(=O)(=O)NCCC2CCNC2)cc1Cl. The van der Waals surface area contributed by atoms with Gasteiger partial charge in [0.1, 0.15) is 6.07 Å². The third-order valence-corrected chi connectivity index (χ3v) is 5.15. The van der Waals surface area contributed by atoms with E-state index in [1.165, 1.54) is 18.2 Å². The van der Waals surface area contributed by atoms with Crippen molar-refractivity contribution in [3.8, 4) is 6.07 Å². The molecule has 8 heteroatoms. The van der Waals surface area contributed by atoms with Crippen LogP contribution in [-0.4, -0.2) is 28.1 Å². The quantitative estimate of drug-likeness (QED) is 0.850. The molecule has 0 amide bonds. The molecule has 116 valence electrons. The van der Waals surface area contributed by atoms with Crippen LogP contribution in [0, 0.1) is 17.2 Å². The van der Waals surface area contributed by atoms with Crippen LogP contribution in [-0.2, 0) is 10.0 Å². The summed E-state index contributed by atoms with van der Waals surface area (Å²) in [7, 11) is -3.56. The number of sulfonamides is 1. The molecule has 1 aliphatic heterocycles. The molecule has 0 radical (unpaired) electrons. The Morgan fingerprint density at radius 2 is 2.24 bits per heavy atom. The number of nitriles is 1. The molecule has 2 rings (SSSR count). The van der Waals surface area contributed by atoms with Crippen molar-refractivity contribution >= 4 is 34.0 Å². The predicted octanol–water partition coefficient (Wildman–Crippen LogP) is 1.91. The Balaban J connectivity index is 0.00000220. The summed E-state index contributed by atoms with van der Waals surface area (Å²) in [6.07, 6.45) is 1.90. The van der Waals surface area contributed by atoms with Gasteiger partial charge in [-0.15, -0.1) is 12.4 Å². The molecule has 0 aromatic heterocycles. The Morgan fingerprint density at radius 1 is 1.48 bits per heavy atom. The minimum absolute atomic E-state index is 0. The van der Waals surface area contributed by atoms with Crippen molar-refractivity contribution in [2.75, 3.05) is 19.6 Å². The highest BCUT2D eigenvalue weighted by Gasteiger charge is 2.18. The maximum atomic E-state index is 12.1. The third kappa shape index (κ3) is 4.83. The number of nitrogens with one attached hydrogen (secondary N) is 2. The van der Waals surface area contributed by atoms with E-state index in [4.69, 9.17) is 16.9 Å². The molecular formula is C13H17Cl2N3O2S. The summed E-state index contributed by atoms with van der Waals surface area (Å²) in [6.45, 7) is 2.36. The Morgan fingerprint density at radius 3 is 2.81 bits per heavy atom. The van der Waals surface area contributed by atoms with Gasteiger partial charge in [-0.05, 0) is 50.0 Å². The van der Waals surface area contributed by atoms with Gasteiger partial charge in [-0.1, -0.05) is 11.6 Å². The second-order valence-electron chi connectivity index (χ2n) is 4.80. The molecule has 0 spiro atoms. The van der Waals surface area contributed by atoms with E-state index in [2.05, 4.69) is 10.0 Å². The lowest BCUT2D eigenvalue weighted by atomic mass is 10.1. The van der Waals surface area contributed by atoms with E-state index in [0.29, 0.717) is 12.5 Å². The summed E-state index contributed by atoms with van der Waals surface area (Å²) < 4.78 is 26.7. The number of hydrogen-bond acceptors (Lipinski definition) is 4. The molecule has 21 heavy (non-hydrogen) atoms. The maximum Gasteiger partial charge on any atom is 0.240 e. The highest BCUT2D eigenvalue weighted by atomic mass is 35.5. The van der Waals surface area contributed by atoms with Gasteiger partial charge in [-0.3, -0.25) is 0 Å². The van der Waals surface area contributed by atoms with Crippen molar-refractivity contribution < 1.29 is 8.42 Å². The van der Waals surface area contributed by atoms with Gasteiger partial charge in [0, 0.05) is 6.54 Å². The zero-order valence-corrected chi connectivity index (χ0v) is 13.7. The van der Waals surface area contributed by atoms with Crippen LogP contribution in [0.2, 0.25) is 5.02 Å². The van der Waals surface area contributed by atoms with Gasteiger partial charge >= 0.3 is 0 Å². The number of hydrogen-bond donors (Lipinski definition) is 2. The molecule has 1 fully saturated rings. The fourth-order valence-corrected chi connectivity index (χ4v) is 3.56. The van der Waals surface area contributed by atoms with Crippen LogP contribution < -0.4 is 10.0 Å². The van der Waals surface area contributed by atoms with E-state index in [1.54, 1.807) is 0 Å². The van der Waals surface area contributed by atoms with Crippen LogP contribution in [0.3, 0.4) is 0 Å². The maximum absolute atomic E-state index is 12.1. The lowest BCUT2D eigenvalue weighted by Gasteiger charge is -2.10. The Labute approximate surface area is 136 Å². The molecule has 1 saturated heterocycles. The molecule has 1 aromatic carbocycles. The minimum Gasteiger partial charge on any atom is -0.316 e. The first-order chi connectivity index (χ1) is 9.53.